The molecule has 6 nitrogen and oxygen atoms in total. The molecule has 0 spiro atoms. The third-order valence-corrected chi connectivity index (χ3v) is 4.87. The number of hydrogen-bond donors (Lipinski definition) is 2. The fraction of sp³-hybridized carbons (Fsp3) is 0.200. The zero-order valence-corrected chi connectivity index (χ0v) is 17.8. The van der Waals surface area contributed by atoms with E-state index in [1.807, 2.05) is 38.1 Å². The highest BCUT2D eigenvalue weighted by Gasteiger charge is 2.19. The fourth-order valence-corrected chi connectivity index (χ4v) is 3.07. The van der Waals surface area contributed by atoms with Crippen LogP contribution in [-0.2, 0) is 4.79 Å². The second kappa shape index (κ2) is 10.3. The van der Waals surface area contributed by atoms with E-state index < -0.39 is 11.8 Å². The lowest BCUT2D eigenvalue weighted by Gasteiger charge is -2.19. The molecule has 0 bridgehead atoms. The molecule has 2 amide bonds. The summed E-state index contributed by atoms with van der Waals surface area (Å²) >= 11 is 0. The Kier molecular flexibility index (Phi) is 7.27. The van der Waals surface area contributed by atoms with Gasteiger partial charge in [0.05, 0.1) is 19.4 Å². The number of methoxy groups -OCH3 is 1. The monoisotopic (exact) mass is 418 g/mol. The predicted octanol–water partition coefficient (Wildman–Crippen LogP) is 4.64. The third kappa shape index (κ3) is 5.85. The molecule has 2 N–H and O–H groups in total. The summed E-state index contributed by atoms with van der Waals surface area (Å²) in [5.74, 6) is 0.303. The van der Waals surface area contributed by atoms with Gasteiger partial charge in [-0.05, 0) is 55.3 Å². The van der Waals surface area contributed by atoms with Crippen LogP contribution in [0.5, 0.6) is 5.75 Å². The zero-order valence-electron chi connectivity index (χ0n) is 17.8. The van der Waals surface area contributed by atoms with Crippen molar-refractivity contribution in [3.8, 4) is 5.75 Å². The lowest BCUT2D eigenvalue weighted by molar-refractivity contribution is -0.118. The molecule has 1 heterocycles. The number of aryl methyl sites for hydroxylation is 1. The number of carbonyl (C=O) groups is 2. The Balaban J connectivity index is 1.81. The molecule has 0 radical (unpaired) electrons. The number of nitrogens with one attached hydrogen (secondary N) is 2. The summed E-state index contributed by atoms with van der Waals surface area (Å²) in [4.78, 5) is 25.8. The normalized spacial score (nSPS) is 12.2. The minimum atomic E-state index is -0.404. The molecular formula is C25H26N2O4. The molecule has 6 heteroatoms. The summed E-state index contributed by atoms with van der Waals surface area (Å²) in [5.41, 5.74) is 2.65. The van der Waals surface area contributed by atoms with Crippen LogP contribution in [-0.4, -0.2) is 18.9 Å². The number of ether oxygens (including phenoxy) is 1. The topological polar surface area (TPSA) is 80.6 Å². The van der Waals surface area contributed by atoms with E-state index in [0.717, 1.165) is 11.1 Å². The van der Waals surface area contributed by atoms with Crippen LogP contribution in [0.4, 0.5) is 0 Å². The number of benzene rings is 2. The minimum Gasteiger partial charge on any atom is -0.497 e. The summed E-state index contributed by atoms with van der Waals surface area (Å²) in [7, 11) is 1.56. The third-order valence-electron chi connectivity index (χ3n) is 4.87. The largest absolute Gasteiger partial charge is 0.497 e. The SMILES string of the molecule is CC[C@H](NC(=O)/C(=C/c1ccco1)NC(=O)c1ccc(OC)cc1)c1ccc(C)cc1. The molecule has 0 aliphatic rings. The summed E-state index contributed by atoms with van der Waals surface area (Å²) in [6.07, 6.45) is 3.72. The van der Waals surface area contributed by atoms with Gasteiger partial charge in [0.15, 0.2) is 0 Å². The van der Waals surface area contributed by atoms with Crippen LogP contribution >= 0.6 is 0 Å². The van der Waals surface area contributed by atoms with Gasteiger partial charge >= 0.3 is 0 Å². The van der Waals surface area contributed by atoms with Crippen LogP contribution in [0.3, 0.4) is 0 Å². The van der Waals surface area contributed by atoms with Crippen LogP contribution in [0.15, 0.2) is 77.0 Å². The Hall–Kier alpha value is -3.80. The molecule has 3 aromatic rings. The first-order chi connectivity index (χ1) is 15.0. The number of amides is 2. The van der Waals surface area contributed by atoms with E-state index in [1.54, 1.807) is 43.5 Å². The molecule has 0 aliphatic carbocycles. The fourth-order valence-electron chi connectivity index (χ4n) is 3.07. The van der Waals surface area contributed by atoms with Gasteiger partial charge in [0, 0.05) is 11.6 Å². The molecule has 3 rings (SSSR count). The van der Waals surface area contributed by atoms with Crippen molar-refractivity contribution in [3.05, 3.63) is 95.1 Å². The highest BCUT2D eigenvalue weighted by atomic mass is 16.5. The quantitative estimate of drug-likeness (QED) is 0.523. The van der Waals surface area contributed by atoms with Crippen molar-refractivity contribution in [2.24, 2.45) is 0 Å². The Morgan fingerprint density at radius 1 is 1.06 bits per heavy atom. The van der Waals surface area contributed by atoms with Gasteiger partial charge in [-0.1, -0.05) is 36.8 Å². The molecule has 0 saturated heterocycles. The smallest absolute Gasteiger partial charge is 0.268 e. The van der Waals surface area contributed by atoms with Gasteiger partial charge in [0.1, 0.15) is 17.2 Å². The zero-order chi connectivity index (χ0) is 22.2. The molecule has 1 aromatic heterocycles. The van der Waals surface area contributed by atoms with E-state index in [9.17, 15) is 9.59 Å². The van der Waals surface area contributed by atoms with Crippen molar-refractivity contribution in [3.63, 3.8) is 0 Å². The van der Waals surface area contributed by atoms with Gasteiger partial charge in [-0.25, -0.2) is 0 Å². The van der Waals surface area contributed by atoms with Gasteiger partial charge in [-0.3, -0.25) is 9.59 Å². The predicted molar refractivity (Wildman–Crippen MR) is 119 cm³/mol. The average molecular weight is 418 g/mol. The summed E-state index contributed by atoms with van der Waals surface area (Å²) in [6.45, 7) is 4.01. The van der Waals surface area contributed by atoms with E-state index in [2.05, 4.69) is 10.6 Å². The molecule has 0 unspecified atom stereocenters. The van der Waals surface area contributed by atoms with Crippen molar-refractivity contribution < 1.29 is 18.7 Å². The average Bonchev–Trinajstić information content (AvgIpc) is 3.30. The van der Waals surface area contributed by atoms with Crippen LogP contribution in [0, 0.1) is 6.92 Å². The number of hydrogen-bond acceptors (Lipinski definition) is 4. The molecule has 31 heavy (non-hydrogen) atoms. The highest BCUT2D eigenvalue weighted by Crippen LogP contribution is 2.18. The lowest BCUT2D eigenvalue weighted by Crippen LogP contribution is -2.36. The van der Waals surface area contributed by atoms with Crippen LogP contribution < -0.4 is 15.4 Å². The molecule has 0 aliphatic heterocycles. The van der Waals surface area contributed by atoms with Crippen LogP contribution in [0.1, 0.15) is 46.6 Å². The van der Waals surface area contributed by atoms with E-state index in [4.69, 9.17) is 9.15 Å². The molecular weight excluding hydrogens is 392 g/mol. The number of carbonyl (C=O) groups excluding carboxylic acids is 2. The summed E-state index contributed by atoms with van der Waals surface area (Å²) in [5, 5.41) is 5.71. The van der Waals surface area contributed by atoms with Crippen molar-refractivity contribution in [2.45, 2.75) is 26.3 Å². The Bertz CT molecular complexity index is 1040. The summed E-state index contributed by atoms with van der Waals surface area (Å²) in [6, 6.07) is 17.9. The first-order valence-electron chi connectivity index (χ1n) is 10.1. The Morgan fingerprint density at radius 2 is 1.77 bits per heavy atom. The van der Waals surface area contributed by atoms with Crippen LogP contribution in [0.2, 0.25) is 0 Å². The number of furan rings is 1. The first kappa shape index (κ1) is 21.9. The second-order valence-electron chi connectivity index (χ2n) is 7.10. The van der Waals surface area contributed by atoms with E-state index >= 15 is 0 Å². The number of rotatable bonds is 8. The van der Waals surface area contributed by atoms with Gasteiger partial charge < -0.3 is 19.8 Å². The van der Waals surface area contributed by atoms with Crippen molar-refractivity contribution in [1.82, 2.24) is 10.6 Å². The van der Waals surface area contributed by atoms with Gasteiger partial charge in [-0.2, -0.15) is 0 Å². The maximum Gasteiger partial charge on any atom is 0.268 e. The van der Waals surface area contributed by atoms with Gasteiger partial charge in [0.25, 0.3) is 11.8 Å². The maximum atomic E-state index is 13.1. The van der Waals surface area contributed by atoms with Crippen molar-refractivity contribution >= 4 is 17.9 Å². The molecule has 0 saturated carbocycles. The standard InChI is InChI=1S/C25H26N2O4/c1-4-22(18-9-7-17(2)8-10-18)26-25(29)23(16-21-6-5-15-31-21)27-24(28)19-11-13-20(30-3)14-12-19/h5-16,22H,4H2,1-3H3,(H,26,29)(H,27,28)/b23-16-/t22-/m0/s1. The van der Waals surface area contributed by atoms with Gasteiger partial charge in [0.2, 0.25) is 0 Å². The molecule has 2 aromatic carbocycles. The van der Waals surface area contributed by atoms with E-state index in [0.29, 0.717) is 23.5 Å². The molecule has 1 atom stereocenters. The second-order valence-corrected chi connectivity index (χ2v) is 7.10. The van der Waals surface area contributed by atoms with Crippen molar-refractivity contribution in [2.75, 3.05) is 7.11 Å². The summed E-state index contributed by atoms with van der Waals surface area (Å²) < 4.78 is 10.5. The van der Waals surface area contributed by atoms with E-state index in [-0.39, 0.29) is 11.7 Å². The van der Waals surface area contributed by atoms with Gasteiger partial charge in [-0.15, -0.1) is 0 Å². The van der Waals surface area contributed by atoms with Crippen molar-refractivity contribution in [1.29, 1.82) is 0 Å². The Labute approximate surface area is 181 Å². The van der Waals surface area contributed by atoms with E-state index in [1.165, 1.54) is 12.3 Å². The minimum absolute atomic E-state index is 0.0985. The first-order valence-corrected chi connectivity index (χ1v) is 10.1. The molecule has 0 fully saturated rings. The Morgan fingerprint density at radius 3 is 2.35 bits per heavy atom. The maximum absolute atomic E-state index is 13.1. The highest BCUT2D eigenvalue weighted by molar-refractivity contribution is 6.05. The molecule has 160 valence electrons. The lowest BCUT2D eigenvalue weighted by atomic mass is 10.0. The van der Waals surface area contributed by atoms with Crippen LogP contribution in [0.25, 0.3) is 6.08 Å².